The summed E-state index contributed by atoms with van der Waals surface area (Å²) in [6, 6.07) is 15.7. The highest BCUT2D eigenvalue weighted by Gasteiger charge is 2.52. The van der Waals surface area contributed by atoms with Crippen LogP contribution in [0.2, 0.25) is 0 Å². The second-order valence-corrected chi connectivity index (χ2v) is 12.9. The molecule has 19 nitrogen and oxygen atoms in total. The van der Waals surface area contributed by atoms with Gasteiger partial charge in [0.2, 0.25) is 6.29 Å². The molecule has 2 aromatic carbocycles. The molecule has 0 saturated carbocycles. The van der Waals surface area contributed by atoms with Crippen LogP contribution in [-0.2, 0) is 41.4 Å². The highest BCUT2D eigenvalue weighted by Crippen LogP contribution is 2.31. The third kappa shape index (κ3) is 10.2. The molecule has 3 saturated heterocycles. The fourth-order valence-electron chi connectivity index (χ4n) is 5.98. The predicted molar refractivity (Wildman–Crippen MR) is 174 cm³/mol. The van der Waals surface area contributed by atoms with Crippen LogP contribution in [0.4, 0.5) is 4.79 Å². The summed E-state index contributed by atoms with van der Waals surface area (Å²) in [6.45, 7) is -1.70. The van der Waals surface area contributed by atoms with Crippen LogP contribution in [0.1, 0.15) is 11.1 Å². The van der Waals surface area contributed by atoms with Crippen molar-refractivity contribution < 1.29 is 89.0 Å². The van der Waals surface area contributed by atoms with Crippen LogP contribution in [0.3, 0.4) is 0 Å². The first kappa shape index (κ1) is 41.1. The minimum Gasteiger partial charge on any atom is -0.462 e. The van der Waals surface area contributed by atoms with E-state index in [0.717, 1.165) is 11.1 Å². The van der Waals surface area contributed by atoms with Crippen LogP contribution >= 0.6 is 0 Å². The average Bonchev–Trinajstić information content (AvgIpc) is 3.17. The number of amides is 1. The summed E-state index contributed by atoms with van der Waals surface area (Å²) in [5.74, 6) is 0.185. The lowest BCUT2D eigenvalue weighted by Gasteiger charge is -2.46. The van der Waals surface area contributed by atoms with Gasteiger partial charge in [-0.2, -0.15) is 0 Å². The van der Waals surface area contributed by atoms with Gasteiger partial charge in [-0.05, 0) is 29.7 Å². The Morgan fingerprint density at radius 1 is 0.623 bits per heavy atom. The smallest absolute Gasteiger partial charge is 0.407 e. The molecule has 0 bridgehead atoms. The van der Waals surface area contributed by atoms with Crippen molar-refractivity contribution in [2.75, 3.05) is 26.4 Å². The van der Waals surface area contributed by atoms with Crippen LogP contribution in [-0.4, -0.2) is 176 Å². The maximum Gasteiger partial charge on any atom is 0.407 e. The lowest BCUT2D eigenvalue weighted by molar-refractivity contribution is -0.358. The van der Waals surface area contributed by atoms with Crippen molar-refractivity contribution in [3.8, 4) is 5.75 Å². The molecule has 0 aromatic heterocycles. The molecule has 3 fully saturated rings. The van der Waals surface area contributed by atoms with E-state index in [4.69, 9.17) is 33.2 Å². The molecule has 6 unspecified atom stereocenters. The zero-order chi connectivity index (χ0) is 38.2. The average molecular weight is 758 g/mol. The molecular formula is C34H47NO18. The van der Waals surface area contributed by atoms with E-state index in [1.165, 1.54) is 0 Å². The SMILES string of the molecule is O=C(NCCc1ccc(O[C@H]2OC(CO[C@H]3OC(CO)[C@@H](O)[C@H](O)C3O)[C@@H](O)[C@H](O[C@H]3OC(CO)[C@@H](O)[C@H](O)C3O)C2O)cc1)OCc1ccccc1. The number of hydrogen-bond donors (Lipinski definition) is 11. The van der Waals surface area contributed by atoms with E-state index < -0.39 is 118 Å². The number of benzene rings is 2. The minimum absolute atomic E-state index is 0.125. The van der Waals surface area contributed by atoms with Gasteiger partial charge >= 0.3 is 6.09 Å². The van der Waals surface area contributed by atoms with Crippen LogP contribution < -0.4 is 10.1 Å². The molecule has 0 radical (unpaired) electrons. The second-order valence-electron chi connectivity index (χ2n) is 12.9. The van der Waals surface area contributed by atoms with Gasteiger partial charge in [-0.25, -0.2) is 4.79 Å². The van der Waals surface area contributed by atoms with E-state index in [0.29, 0.717) is 6.42 Å². The molecule has 3 aliphatic heterocycles. The van der Waals surface area contributed by atoms with Crippen molar-refractivity contribution in [1.82, 2.24) is 5.32 Å². The van der Waals surface area contributed by atoms with E-state index in [1.807, 2.05) is 30.3 Å². The number of nitrogens with one attached hydrogen (secondary N) is 1. The largest absolute Gasteiger partial charge is 0.462 e. The van der Waals surface area contributed by atoms with Gasteiger partial charge in [0.05, 0.1) is 19.8 Å². The monoisotopic (exact) mass is 757 g/mol. The van der Waals surface area contributed by atoms with Crippen molar-refractivity contribution >= 4 is 6.09 Å². The lowest BCUT2D eigenvalue weighted by atomic mass is 9.96. The quantitative estimate of drug-likeness (QED) is 0.0875. The van der Waals surface area contributed by atoms with Gasteiger partial charge in [-0.3, -0.25) is 0 Å². The Balaban J connectivity index is 1.23. The molecule has 3 heterocycles. The summed E-state index contributed by atoms with van der Waals surface area (Å²) < 4.78 is 39.0. The normalized spacial score (nSPS) is 37.5. The lowest BCUT2D eigenvalue weighted by Crippen LogP contribution is -2.65. The summed E-state index contributed by atoms with van der Waals surface area (Å²) in [7, 11) is 0. The minimum atomic E-state index is -1.88. The van der Waals surface area contributed by atoms with Crippen molar-refractivity contribution in [2.45, 2.75) is 105 Å². The number of ether oxygens (including phenoxy) is 7. The van der Waals surface area contributed by atoms with Gasteiger partial charge < -0.3 is 89.5 Å². The molecule has 3 aliphatic rings. The first-order chi connectivity index (χ1) is 25.4. The summed E-state index contributed by atoms with van der Waals surface area (Å²) in [6.07, 6.45) is -25.1. The Morgan fingerprint density at radius 2 is 1.21 bits per heavy atom. The molecule has 2 aromatic rings. The molecule has 5 rings (SSSR count). The summed E-state index contributed by atoms with van der Waals surface area (Å²) in [5.41, 5.74) is 1.65. The van der Waals surface area contributed by atoms with E-state index in [-0.39, 0.29) is 18.9 Å². The molecule has 1 amide bonds. The van der Waals surface area contributed by atoms with Crippen LogP contribution in [0.5, 0.6) is 5.75 Å². The topological polar surface area (TPSA) is 296 Å². The fraction of sp³-hybridized carbons (Fsp3) is 0.618. The predicted octanol–water partition coefficient (Wildman–Crippen LogP) is -4.02. The maximum atomic E-state index is 12.1. The number of rotatable bonds is 14. The van der Waals surface area contributed by atoms with Crippen molar-refractivity contribution in [3.05, 3.63) is 65.7 Å². The molecular weight excluding hydrogens is 710 g/mol. The Morgan fingerprint density at radius 3 is 1.83 bits per heavy atom. The van der Waals surface area contributed by atoms with Crippen molar-refractivity contribution in [3.63, 3.8) is 0 Å². The van der Waals surface area contributed by atoms with Crippen molar-refractivity contribution in [1.29, 1.82) is 0 Å². The third-order valence-electron chi connectivity index (χ3n) is 9.13. The molecule has 0 aliphatic carbocycles. The van der Waals surface area contributed by atoms with Crippen LogP contribution in [0, 0.1) is 0 Å². The van der Waals surface area contributed by atoms with Gasteiger partial charge in [0.15, 0.2) is 12.6 Å². The molecule has 11 N–H and O–H groups in total. The number of carbonyl (C=O) groups excluding carboxylic acids is 1. The van der Waals surface area contributed by atoms with E-state index in [2.05, 4.69) is 5.32 Å². The van der Waals surface area contributed by atoms with Gasteiger partial charge in [0.1, 0.15) is 85.6 Å². The maximum absolute atomic E-state index is 12.1. The number of alkyl carbamates (subject to hydrolysis) is 1. The van der Waals surface area contributed by atoms with E-state index >= 15 is 0 Å². The first-order valence-corrected chi connectivity index (χ1v) is 17.0. The van der Waals surface area contributed by atoms with Crippen LogP contribution in [0.25, 0.3) is 0 Å². The third-order valence-corrected chi connectivity index (χ3v) is 9.13. The summed E-state index contributed by atoms with van der Waals surface area (Å²) >= 11 is 0. The Bertz CT molecular complexity index is 1400. The zero-order valence-electron chi connectivity index (χ0n) is 28.3. The first-order valence-electron chi connectivity index (χ1n) is 17.0. The molecule has 15 atom stereocenters. The number of aliphatic hydroxyl groups excluding tert-OH is 10. The molecule has 0 spiro atoms. The molecule has 53 heavy (non-hydrogen) atoms. The van der Waals surface area contributed by atoms with E-state index in [1.54, 1.807) is 24.3 Å². The highest BCUT2D eigenvalue weighted by atomic mass is 16.7. The standard InChI is InChI=1S/C34H47NO18/c36-12-19-22(38)25(41)27(43)31(50-19)47-15-21-24(40)30(53-32-28(44)26(42)23(39)20(13-37)51-32)29(45)33(52-21)49-18-8-6-16(7-9-18)10-11-35-34(46)48-14-17-4-2-1-3-5-17/h1-9,19-33,36-45H,10-15H2,(H,35,46)/t19?,20?,21?,22-,23-,24-,25+,26+,27?,28?,29?,30+,31+,32-,33+/m1/s1. The van der Waals surface area contributed by atoms with E-state index in [9.17, 15) is 55.9 Å². The zero-order valence-corrected chi connectivity index (χ0v) is 28.3. The van der Waals surface area contributed by atoms with Crippen LogP contribution in [0.15, 0.2) is 54.6 Å². The van der Waals surface area contributed by atoms with Gasteiger partial charge in [-0.15, -0.1) is 0 Å². The molecule has 19 heteroatoms. The van der Waals surface area contributed by atoms with Gasteiger partial charge in [0.25, 0.3) is 0 Å². The fourth-order valence-corrected chi connectivity index (χ4v) is 5.98. The van der Waals surface area contributed by atoms with Gasteiger partial charge in [-0.1, -0.05) is 42.5 Å². The number of carbonyl (C=O) groups is 1. The summed E-state index contributed by atoms with van der Waals surface area (Å²) in [4.78, 5) is 12.1. The Kier molecular flexibility index (Phi) is 14.7. The van der Waals surface area contributed by atoms with Gasteiger partial charge in [0, 0.05) is 6.54 Å². The molecule has 296 valence electrons. The Hall–Kier alpha value is -3.09. The number of aliphatic hydroxyl groups is 10. The highest BCUT2D eigenvalue weighted by molar-refractivity contribution is 5.67. The second kappa shape index (κ2) is 19.0. The summed E-state index contributed by atoms with van der Waals surface area (Å²) in [5, 5.41) is 106. The number of hydrogen-bond acceptors (Lipinski definition) is 18. The Labute approximate surface area is 303 Å². The van der Waals surface area contributed by atoms with Crippen molar-refractivity contribution in [2.24, 2.45) is 0 Å².